The molecule has 1 rings (SSSR count). The number of rotatable bonds is 9. The molecule has 0 saturated carbocycles. The largest absolute Gasteiger partial charge is 0.491 e. The van der Waals surface area contributed by atoms with Gasteiger partial charge < -0.3 is 15.2 Å². The van der Waals surface area contributed by atoms with Gasteiger partial charge in [0.05, 0.1) is 12.1 Å². The van der Waals surface area contributed by atoms with Gasteiger partial charge in [-0.2, -0.15) is 13.2 Å². The maximum Gasteiger partial charge on any atom is 0.416 e. The molecule has 134 valence electrons. The molecular formula is C16H21F3N2O3. The molecule has 1 aromatic rings. The van der Waals surface area contributed by atoms with Gasteiger partial charge in [-0.3, -0.25) is 9.69 Å². The summed E-state index contributed by atoms with van der Waals surface area (Å²) in [4.78, 5) is 13.1. The predicted molar refractivity (Wildman–Crippen MR) is 83.6 cm³/mol. The zero-order valence-electron chi connectivity index (χ0n) is 13.3. The molecule has 0 spiro atoms. The zero-order chi connectivity index (χ0) is 18.2. The summed E-state index contributed by atoms with van der Waals surface area (Å²) < 4.78 is 42.6. The Labute approximate surface area is 138 Å². The van der Waals surface area contributed by atoms with Gasteiger partial charge in [0.15, 0.2) is 0 Å². The van der Waals surface area contributed by atoms with Gasteiger partial charge in [-0.05, 0) is 31.3 Å². The van der Waals surface area contributed by atoms with E-state index in [2.05, 4.69) is 11.9 Å². The normalized spacial score (nSPS) is 12.8. The van der Waals surface area contributed by atoms with Gasteiger partial charge in [-0.25, -0.2) is 0 Å². The number of nitrogens with zero attached hydrogens (tertiary/aromatic N) is 1. The minimum atomic E-state index is -4.40. The van der Waals surface area contributed by atoms with Gasteiger partial charge >= 0.3 is 6.18 Å². The van der Waals surface area contributed by atoms with E-state index in [1.807, 2.05) is 0 Å². The van der Waals surface area contributed by atoms with E-state index in [1.54, 1.807) is 18.0 Å². The summed E-state index contributed by atoms with van der Waals surface area (Å²) in [6.45, 7) is 4.04. The molecule has 0 bridgehead atoms. The number of benzene rings is 1. The highest BCUT2D eigenvalue weighted by molar-refractivity contribution is 5.78. The fraction of sp³-hybridized carbons (Fsp3) is 0.438. The van der Waals surface area contributed by atoms with Crippen molar-refractivity contribution in [3.8, 4) is 5.75 Å². The Morgan fingerprint density at radius 1 is 1.42 bits per heavy atom. The van der Waals surface area contributed by atoms with Crippen LogP contribution in [-0.2, 0) is 11.0 Å². The lowest BCUT2D eigenvalue weighted by molar-refractivity contribution is -0.137. The van der Waals surface area contributed by atoms with E-state index in [9.17, 15) is 23.1 Å². The predicted octanol–water partition coefficient (Wildman–Crippen LogP) is 1.68. The Bertz CT molecular complexity index is 532. The summed E-state index contributed by atoms with van der Waals surface area (Å²) in [6, 6.07) is 4.22. The number of likely N-dealkylation sites (N-methyl/N-ethyl adjacent to an activating group) is 1. The molecule has 1 aromatic carbocycles. The van der Waals surface area contributed by atoms with Crippen molar-refractivity contribution in [2.45, 2.75) is 12.3 Å². The van der Waals surface area contributed by atoms with E-state index in [4.69, 9.17) is 4.74 Å². The first kappa shape index (κ1) is 20.0. The molecule has 2 N–H and O–H groups in total. The third-order valence-corrected chi connectivity index (χ3v) is 3.00. The van der Waals surface area contributed by atoms with Crippen molar-refractivity contribution in [1.82, 2.24) is 10.2 Å². The topological polar surface area (TPSA) is 61.8 Å². The molecule has 1 atom stereocenters. The summed E-state index contributed by atoms with van der Waals surface area (Å²) in [6.07, 6.45) is -3.72. The van der Waals surface area contributed by atoms with Crippen molar-refractivity contribution < 1.29 is 27.8 Å². The highest BCUT2D eigenvalue weighted by Crippen LogP contribution is 2.30. The lowest BCUT2D eigenvalue weighted by atomic mass is 10.2. The maximum absolute atomic E-state index is 12.4. The Morgan fingerprint density at radius 3 is 2.58 bits per heavy atom. The van der Waals surface area contributed by atoms with E-state index in [1.165, 1.54) is 12.1 Å². The number of aliphatic hydroxyl groups is 1. The third-order valence-electron chi connectivity index (χ3n) is 3.00. The Balaban J connectivity index is 2.36. The molecular weight excluding hydrogens is 325 g/mol. The average Bonchev–Trinajstić information content (AvgIpc) is 2.50. The van der Waals surface area contributed by atoms with Crippen LogP contribution in [0.2, 0.25) is 0 Å². The Morgan fingerprint density at radius 2 is 2.04 bits per heavy atom. The standard InChI is InChI=1S/C16H21F3N2O3/c1-3-8-20-15(23)10-21(2)9-13(22)11-24-14-6-4-12(5-7-14)16(17,18)19/h3-7,13,22H,1,8-11H2,2H3,(H,20,23)/t13-/m0/s1. The quantitative estimate of drug-likeness (QED) is 0.668. The van der Waals surface area contributed by atoms with Gasteiger partial charge in [-0.15, -0.1) is 6.58 Å². The molecule has 8 heteroatoms. The molecule has 0 aliphatic heterocycles. The number of alkyl halides is 3. The Kier molecular flexibility index (Phi) is 7.73. The second-order valence-corrected chi connectivity index (χ2v) is 5.28. The van der Waals surface area contributed by atoms with Crippen molar-refractivity contribution in [3.05, 3.63) is 42.5 Å². The fourth-order valence-electron chi connectivity index (χ4n) is 1.90. The van der Waals surface area contributed by atoms with E-state index in [0.29, 0.717) is 6.54 Å². The van der Waals surface area contributed by atoms with Crippen LogP contribution in [0, 0.1) is 0 Å². The van der Waals surface area contributed by atoms with Crippen LogP contribution in [0.25, 0.3) is 0 Å². The van der Waals surface area contributed by atoms with Crippen molar-refractivity contribution in [1.29, 1.82) is 0 Å². The van der Waals surface area contributed by atoms with Gasteiger partial charge in [0.1, 0.15) is 18.5 Å². The van der Waals surface area contributed by atoms with Crippen LogP contribution in [0.3, 0.4) is 0 Å². The van der Waals surface area contributed by atoms with Crippen LogP contribution < -0.4 is 10.1 Å². The number of hydrogen-bond donors (Lipinski definition) is 2. The van der Waals surface area contributed by atoms with Gasteiger partial charge in [0.2, 0.25) is 5.91 Å². The maximum atomic E-state index is 12.4. The lowest BCUT2D eigenvalue weighted by Gasteiger charge is -2.20. The second-order valence-electron chi connectivity index (χ2n) is 5.28. The first-order valence-corrected chi connectivity index (χ1v) is 7.26. The van der Waals surface area contributed by atoms with Crippen LogP contribution in [0.15, 0.2) is 36.9 Å². The lowest BCUT2D eigenvalue weighted by Crippen LogP contribution is -2.40. The molecule has 0 fully saturated rings. The van der Waals surface area contributed by atoms with Crippen molar-refractivity contribution in [2.75, 3.05) is 33.3 Å². The highest BCUT2D eigenvalue weighted by atomic mass is 19.4. The molecule has 0 aliphatic rings. The minimum Gasteiger partial charge on any atom is -0.491 e. The highest BCUT2D eigenvalue weighted by Gasteiger charge is 2.30. The van der Waals surface area contributed by atoms with Crippen LogP contribution in [-0.4, -0.2) is 55.3 Å². The molecule has 0 aromatic heterocycles. The summed E-state index contributed by atoms with van der Waals surface area (Å²) in [5, 5.41) is 12.5. The number of amides is 1. The van der Waals surface area contributed by atoms with Crippen molar-refractivity contribution in [3.63, 3.8) is 0 Å². The first-order valence-electron chi connectivity index (χ1n) is 7.26. The smallest absolute Gasteiger partial charge is 0.416 e. The molecule has 5 nitrogen and oxygen atoms in total. The minimum absolute atomic E-state index is 0.0933. The van der Waals surface area contributed by atoms with Crippen molar-refractivity contribution in [2.24, 2.45) is 0 Å². The molecule has 0 aliphatic carbocycles. The zero-order valence-corrected chi connectivity index (χ0v) is 13.3. The number of carbonyl (C=O) groups is 1. The van der Waals surface area contributed by atoms with E-state index in [-0.39, 0.29) is 31.4 Å². The van der Waals surface area contributed by atoms with Crippen LogP contribution >= 0.6 is 0 Å². The SMILES string of the molecule is C=CCNC(=O)CN(C)C[C@H](O)COc1ccc(C(F)(F)F)cc1. The van der Waals surface area contributed by atoms with Gasteiger partial charge in [-0.1, -0.05) is 6.08 Å². The summed E-state index contributed by atoms with van der Waals surface area (Å²) in [5.41, 5.74) is -0.763. The monoisotopic (exact) mass is 346 g/mol. The molecule has 0 saturated heterocycles. The number of aliphatic hydroxyl groups excluding tert-OH is 1. The van der Waals surface area contributed by atoms with Crippen LogP contribution in [0.4, 0.5) is 13.2 Å². The van der Waals surface area contributed by atoms with E-state index >= 15 is 0 Å². The molecule has 0 heterocycles. The Hall–Kier alpha value is -2.06. The number of ether oxygens (including phenoxy) is 1. The summed E-state index contributed by atoms with van der Waals surface area (Å²) in [5.74, 6) is 0.0293. The number of halogens is 3. The average molecular weight is 346 g/mol. The van der Waals surface area contributed by atoms with Crippen LogP contribution in [0.1, 0.15) is 5.56 Å². The fourth-order valence-corrected chi connectivity index (χ4v) is 1.90. The molecule has 0 radical (unpaired) electrons. The van der Waals surface area contributed by atoms with Gasteiger partial charge in [0.25, 0.3) is 0 Å². The van der Waals surface area contributed by atoms with E-state index in [0.717, 1.165) is 12.1 Å². The second kappa shape index (κ2) is 9.29. The number of hydrogen-bond acceptors (Lipinski definition) is 4. The van der Waals surface area contributed by atoms with E-state index < -0.39 is 17.8 Å². The van der Waals surface area contributed by atoms with Gasteiger partial charge in [0, 0.05) is 13.1 Å². The van der Waals surface area contributed by atoms with Crippen LogP contribution in [0.5, 0.6) is 5.75 Å². The first-order chi connectivity index (χ1) is 11.2. The van der Waals surface area contributed by atoms with Crippen molar-refractivity contribution >= 4 is 5.91 Å². The number of nitrogens with one attached hydrogen (secondary N) is 1. The third kappa shape index (κ3) is 7.47. The number of carbonyl (C=O) groups excluding carboxylic acids is 1. The molecule has 0 unspecified atom stereocenters. The summed E-state index contributed by atoms with van der Waals surface area (Å²) in [7, 11) is 1.66. The summed E-state index contributed by atoms with van der Waals surface area (Å²) >= 11 is 0. The molecule has 1 amide bonds. The molecule has 24 heavy (non-hydrogen) atoms.